The van der Waals surface area contributed by atoms with Gasteiger partial charge in [0.1, 0.15) is 6.04 Å². The summed E-state index contributed by atoms with van der Waals surface area (Å²) in [5.74, 6) is 4.83. The maximum absolute atomic E-state index is 11.6. The maximum Gasteiger partial charge on any atom is 0.253 e. The summed E-state index contributed by atoms with van der Waals surface area (Å²) >= 11 is 0. The second-order valence-corrected chi connectivity index (χ2v) is 3.72. The van der Waals surface area contributed by atoms with Crippen molar-refractivity contribution in [2.45, 2.75) is 32.4 Å². The number of carbonyl (C=O) groups is 1. The molecule has 6 nitrogen and oxygen atoms in total. The molecule has 1 atom stereocenters. The molecule has 0 saturated carbocycles. The summed E-state index contributed by atoms with van der Waals surface area (Å²) < 4.78 is 5.00. The maximum atomic E-state index is 11.6. The van der Waals surface area contributed by atoms with Gasteiger partial charge in [-0.05, 0) is 13.8 Å². The van der Waals surface area contributed by atoms with E-state index in [2.05, 4.69) is 11.5 Å². The zero-order chi connectivity index (χ0) is 12.6. The molecular weight excluding hydrogens is 208 g/mol. The zero-order valence-corrected chi connectivity index (χ0v) is 10.1. The fourth-order valence-corrected chi connectivity index (χ4v) is 1.53. The van der Waals surface area contributed by atoms with Gasteiger partial charge in [-0.1, -0.05) is 0 Å². The Labute approximate surface area is 96.3 Å². The molecular formula is C10H20N4O2. The third-order valence-electron chi connectivity index (χ3n) is 2.31. The Morgan fingerprint density at radius 3 is 2.62 bits per heavy atom. The Morgan fingerprint density at radius 2 is 2.25 bits per heavy atom. The number of hydrazine groups is 1. The summed E-state index contributed by atoms with van der Waals surface area (Å²) in [6.07, 6.45) is 0.371. The first-order chi connectivity index (χ1) is 7.58. The van der Waals surface area contributed by atoms with Crippen molar-refractivity contribution in [3.05, 3.63) is 0 Å². The average Bonchev–Trinajstić information content (AvgIpc) is 2.26. The van der Waals surface area contributed by atoms with Crippen LogP contribution in [0.4, 0.5) is 0 Å². The molecule has 92 valence electrons. The molecule has 0 aliphatic rings. The van der Waals surface area contributed by atoms with Crippen molar-refractivity contribution >= 4 is 5.91 Å². The van der Waals surface area contributed by atoms with Gasteiger partial charge in [0.25, 0.3) is 5.91 Å². The number of rotatable bonds is 7. The minimum absolute atomic E-state index is 0.144. The number of hydrogen-bond donors (Lipinski definition) is 2. The number of hydrogen-bond acceptors (Lipinski definition) is 5. The van der Waals surface area contributed by atoms with E-state index in [4.69, 9.17) is 15.8 Å². The molecule has 16 heavy (non-hydrogen) atoms. The van der Waals surface area contributed by atoms with E-state index in [9.17, 15) is 4.79 Å². The predicted octanol–water partition coefficient (Wildman–Crippen LogP) is -0.385. The highest BCUT2D eigenvalue weighted by Crippen LogP contribution is 2.07. The van der Waals surface area contributed by atoms with Crippen LogP contribution in [0.25, 0.3) is 0 Å². The van der Waals surface area contributed by atoms with Crippen molar-refractivity contribution in [3.63, 3.8) is 0 Å². The number of nitriles is 1. The van der Waals surface area contributed by atoms with E-state index < -0.39 is 6.04 Å². The number of methoxy groups -OCH3 is 1. The fraction of sp³-hybridized carbons (Fsp3) is 0.800. The molecule has 0 spiro atoms. The normalized spacial score (nSPS) is 12.6. The number of nitrogens with one attached hydrogen (secondary N) is 1. The van der Waals surface area contributed by atoms with Crippen LogP contribution in [0.15, 0.2) is 0 Å². The summed E-state index contributed by atoms with van der Waals surface area (Å²) in [5, 5.41) is 8.57. The third kappa shape index (κ3) is 4.57. The van der Waals surface area contributed by atoms with E-state index in [1.165, 1.54) is 7.11 Å². The third-order valence-corrected chi connectivity index (χ3v) is 2.31. The molecule has 0 fully saturated rings. The van der Waals surface area contributed by atoms with Crippen molar-refractivity contribution < 1.29 is 9.53 Å². The molecule has 1 unspecified atom stereocenters. The Hall–Kier alpha value is -1.16. The zero-order valence-electron chi connectivity index (χ0n) is 10.1. The summed E-state index contributed by atoms with van der Waals surface area (Å²) in [6, 6.07) is 1.75. The van der Waals surface area contributed by atoms with Crippen LogP contribution in [0, 0.1) is 11.3 Å². The van der Waals surface area contributed by atoms with Gasteiger partial charge in [0.2, 0.25) is 0 Å². The lowest BCUT2D eigenvalue weighted by Gasteiger charge is -2.32. The molecule has 0 bridgehead atoms. The largest absolute Gasteiger partial charge is 0.383 e. The van der Waals surface area contributed by atoms with Gasteiger partial charge in [-0.3, -0.25) is 15.1 Å². The Morgan fingerprint density at radius 1 is 1.62 bits per heavy atom. The van der Waals surface area contributed by atoms with Gasteiger partial charge in [0.05, 0.1) is 12.7 Å². The molecule has 0 aromatic carbocycles. The summed E-state index contributed by atoms with van der Waals surface area (Å²) in [4.78, 5) is 13.5. The number of nitrogens with two attached hydrogens (primary N) is 1. The molecule has 0 rings (SSSR count). The summed E-state index contributed by atoms with van der Waals surface area (Å²) in [6.45, 7) is 4.70. The second kappa shape index (κ2) is 8.05. The molecule has 0 heterocycles. The number of nitrogens with zero attached hydrogens (tertiary/aromatic N) is 2. The first kappa shape index (κ1) is 14.8. The van der Waals surface area contributed by atoms with E-state index in [0.717, 1.165) is 0 Å². The van der Waals surface area contributed by atoms with E-state index in [-0.39, 0.29) is 18.6 Å². The summed E-state index contributed by atoms with van der Waals surface area (Å²) in [5.41, 5.74) is 2.12. The van der Waals surface area contributed by atoms with Crippen LogP contribution >= 0.6 is 0 Å². The molecule has 0 aliphatic heterocycles. The number of amides is 1. The van der Waals surface area contributed by atoms with E-state index in [1.807, 2.05) is 18.7 Å². The van der Waals surface area contributed by atoms with Gasteiger partial charge in [0.15, 0.2) is 0 Å². The van der Waals surface area contributed by atoms with Crippen LogP contribution < -0.4 is 11.3 Å². The van der Waals surface area contributed by atoms with Gasteiger partial charge < -0.3 is 4.74 Å². The predicted molar refractivity (Wildman–Crippen MR) is 60.1 cm³/mol. The lowest BCUT2D eigenvalue weighted by Crippen LogP contribution is -2.53. The standard InChI is InChI=1S/C10H20N4O2/c1-8(2)14(6-4-5-11)9(7-16-3)10(15)13-12/h8-9H,4,6-7,12H2,1-3H3,(H,13,15). The van der Waals surface area contributed by atoms with Crippen LogP contribution in [-0.4, -0.2) is 43.2 Å². The molecule has 0 radical (unpaired) electrons. The quantitative estimate of drug-likeness (QED) is 0.352. The second-order valence-electron chi connectivity index (χ2n) is 3.72. The lowest BCUT2D eigenvalue weighted by molar-refractivity contribution is -0.129. The Bertz CT molecular complexity index is 250. The van der Waals surface area contributed by atoms with E-state index in [0.29, 0.717) is 13.0 Å². The van der Waals surface area contributed by atoms with E-state index in [1.54, 1.807) is 0 Å². The van der Waals surface area contributed by atoms with Gasteiger partial charge >= 0.3 is 0 Å². The van der Waals surface area contributed by atoms with E-state index >= 15 is 0 Å². The molecule has 0 aromatic heterocycles. The van der Waals surface area contributed by atoms with Crippen molar-refractivity contribution in [2.24, 2.45) is 5.84 Å². The Balaban J connectivity index is 4.65. The number of carbonyl (C=O) groups excluding carboxylic acids is 1. The average molecular weight is 228 g/mol. The van der Waals surface area contributed by atoms with Crippen LogP contribution in [0.5, 0.6) is 0 Å². The first-order valence-corrected chi connectivity index (χ1v) is 5.20. The highest BCUT2D eigenvalue weighted by molar-refractivity contribution is 5.81. The Kier molecular flexibility index (Phi) is 7.46. The molecule has 1 amide bonds. The highest BCUT2D eigenvalue weighted by Gasteiger charge is 2.26. The molecule has 3 N–H and O–H groups in total. The van der Waals surface area contributed by atoms with Crippen LogP contribution in [0.3, 0.4) is 0 Å². The molecule has 0 saturated heterocycles. The molecule has 0 aliphatic carbocycles. The number of ether oxygens (including phenoxy) is 1. The molecule has 6 heteroatoms. The minimum Gasteiger partial charge on any atom is -0.383 e. The monoisotopic (exact) mass is 228 g/mol. The van der Waals surface area contributed by atoms with Gasteiger partial charge in [0, 0.05) is 26.1 Å². The van der Waals surface area contributed by atoms with Crippen LogP contribution in [-0.2, 0) is 9.53 Å². The smallest absolute Gasteiger partial charge is 0.253 e. The van der Waals surface area contributed by atoms with Gasteiger partial charge in [-0.15, -0.1) is 0 Å². The highest BCUT2D eigenvalue weighted by atomic mass is 16.5. The summed E-state index contributed by atoms with van der Waals surface area (Å²) in [7, 11) is 1.53. The van der Waals surface area contributed by atoms with Crippen LogP contribution in [0.2, 0.25) is 0 Å². The van der Waals surface area contributed by atoms with Crippen molar-refractivity contribution in [3.8, 4) is 6.07 Å². The van der Waals surface area contributed by atoms with Crippen molar-refractivity contribution in [1.29, 1.82) is 5.26 Å². The van der Waals surface area contributed by atoms with Gasteiger partial charge in [-0.2, -0.15) is 5.26 Å². The topological polar surface area (TPSA) is 91.4 Å². The van der Waals surface area contributed by atoms with Crippen molar-refractivity contribution in [2.75, 3.05) is 20.3 Å². The lowest BCUT2D eigenvalue weighted by atomic mass is 10.2. The fourth-order valence-electron chi connectivity index (χ4n) is 1.53. The van der Waals surface area contributed by atoms with Crippen molar-refractivity contribution in [1.82, 2.24) is 10.3 Å². The van der Waals surface area contributed by atoms with Crippen LogP contribution in [0.1, 0.15) is 20.3 Å². The molecule has 0 aromatic rings. The minimum atomic E-state index is -0.455. The van der Waals surface area contributed by atoms with Gasteiger partial charge in [-0.25, -0.2) is 5.84 Å². The first-order valence-electron chi connectivity index (χ1n) is 5.20. The SMILES string of the molecule is COCC(C(=O)NN)N(CCC#N)C(C)C.